The van der Waals surface area contributed by atoms with Gasteiger partial charge in [0.2, 0.25) is 0 Å². The molecule has 114 valence electrons. The van der Waals surface area contributed by atoms with E-state index in [1.807, 2.05) is 72.8 Å². The molecule has 0 spiro atoms. The van der Waals surface area contributed by atoms with Crippen LogP contribution >= 0.6 is 0 Å². The van der Waals surface area contributed by atoms with Gasteiger partial charge < -0.3 is 4.74 Å². The second kappa shape index (κ2) is 7.22. The van der Waals surface area contributed by atoms with Crippen molar-refractivity contribution < 1.29 is 9.53 Å². The summed E-state index contributed by atoms with van der Waals surface area (Å²) >= 11 is 0. The minimum absolute atomic E-state index is 0.0832. The Hall–Kier alpha value is -3.14. The van der Waals surface area contributed by atoms with E-state index >= 15 is 0 Å². The Balaban J connectivity index is 1.57. The molecule has 0 atom stereocenters. The molecule has 0 unspecified atom stereocenters. The number of amides is 1. The van der Waals surface area contributed by atoms with Crippen molar-refractivity contribution in [3.8, 4) is 5.75 Å². The first kappa shape index (κ1) is 14.8. The first-order chi connectivity index (χ1) is 11.3. The molecule has 4 heteroatoms. The van der Waals surface area contributed by atoms with Crippen molar-refractivity contribution in [2.45, 2.75) is 0 Å². The second-order valence-electron chi connectivity index (χ2n) is 4.97. The molecule has 4 nitrogen and oxygen atoms in total. The van der Waals surface area contributed by atoms with E-state index in [0.717, 1.165) is 16.3 Å². The summed E-state index contributed by atoms with van der Waals surface area (Å²) in [6.07, 6.45) is 1.59. The molecule has 0 radical (unpaired) electrons. The monoisotopic (exact) mass is 304 g/mol. The third-order valence-electron chi connectivity index (χ3n) is 3.31. The average molecular weight is 304 g/mol. The summed E-state index contributed by atoms with van der Waals surface area (Å²) in [6, 6.07) is 23.2. The van der Waals surface area contributed by atoms with Crippen LogP contribution in [0.4, 0.5) is 0 Å². The molecule has 3 aromatic rings. The number of hydrazone groups is 1. The molecule has 0 aliphatic rings. The molecule has 0 fully saturated rings. The smallest absolute Gasteiger partial charge is 0.277 e. The summed E-state index contributed by atoms with van der Waals surface area (Å²) in [5.41, 5.74) is 3.37. The Labute approximate surface area is 134 Å². The Morgan fingerprint density at radius 1 is 0.957 bits per heavy atom. The number of benzene rings is 3. The van der Waals surface area contributed by atoms with E-state index < -0.39 is 0 Å². The number of hydrogen-bond acceptors (Lipinski definition) is 3. The number of nitrogens with zero attached hydrogens (tertiary/aromatic N) is 1. The standard InChI is InChI=1S/C19H16N2O2/c22-19(21-20-13-15-7-2-1-3-8-15)14-23-18-12-6-10-16-9-4-5-11-17(16)18/h1-13H,14H2,(H,21,22)/b20-13-. The van der Waals surface area contributed by atoms with Crippen LogP contribution in [-0.2, 0) is 4.79 Å². The number of hydrogen-bond donors (Lipinski definition) is 1. The Morgan fingerprint density at radius 2 is 1.70 bits per heavy atom. The molecule has 0 saturated carbocycles. The molecule has 1 amide bonds. The first-order valence-corrected chi connectivity index (χ1v) is 7.30. The van der Waals surface area contributed by atoms with Gasteiger partial charge in [0.1, 0.15) is 5.75 Å². The summed E-state index contributed by atoms with van der Waals surface area (Å²) in [5.74, 6) is 0.385. The molecule has 23 heavy (non-hydrogen) atoms. The molecular formula is C19H16N2O2. The largest absolute Gasteiger partial charge is 0.483 e. The van der Waals surface area contributed by atoms with Crippen molar-refractivity contribution in [1.82, 2.24) is 5.43 Å². The zero-order valence-electron chi connectivity index (χ0n) is 12.5. The van der Waals surface area contributed by atoms with Gasteiger partial charge in [0, 0.05) is 5.39 Å². The average Bonchev–Trinajstić information content (AvgIpc) is 2.61. The highest BCUT2D eigenvalue weighted by atomic mass is 16.5. The lowest BCUT2D eigenvalue weighted by molar-refractivity contribution is -0.123. The van der Waals surface area contributed by atoms with E-state index in [9.17, 15) is 4.79 Å². The number of nitrogens with one attached hydrogen (secondary N) is 1. The third kappa shape index (κ3) is 3.95. The number of carbonyl (C=O) groups is 1. The van der Waals surface area contributed by atoms with Crippen molar-refractivity contribution >= 4 is 22.9 Å². The molecule has 0 heterocycles. The van der Waals surface area contributed by atoms with Crippen LogP contribution in [0.25, 0.3) is 10.8 Å². The third-order valence-corrected chi connectivity index (χ3v) is 3.31. The quantitative estimate of drug-likeness (QED) is 0.580. The van der Waals surface area contributed by atoms with Crippen molar-refractivity contribution in [2.75, 3.05) is 6.61 Å². The van der Waals surface area contributed by atoms with Crippen LogP contribution in [0.1, 0.15) is 5.56 Å². The zero-order valence-corrected chi connectivity index (χ0v) is 12.5. The summed E-state index contributed by atoms with van der Waals surface area (Å²) in [5, 5.41) is 5.97. The van der Waals surface area contributed by atoms with E-state index in [0.29, 0.717) is 5.75 Å². The minimum Gasteiger partial charge on any atom is -0.483 e. The molecule has 0 saturated heterocycles. The molecule has 0 aliphatic heterocycles. The molecule has 3 aromatic carbocycles. The summed E-state index contributed by atoms with van der Waals surface area (Å²) < 4.78 is 5.60. The lowest BCUT2D eigenvalue weighted by Crippen LogP contribution is -2.24. The maximum Gasteiger partial charge on any atom is 0.277 e. The second-order valence-corrected chi connectivity index (χ2v) is 4.97. The Morgan fingerprint density at radius 3 is 2.57 bits per heavy atom. The minimum atomic E-state index is -0.301. The van der Waals surface area contributed by atoms with Crippen LogP contribution in [0.15, 0.2) is 77.9 Å². The van der Waals surface area contributed by atoms with Gasteiger partial charge in [-0.15, -0.1) is 0 Å². The summed E-state index contributed by atoms with van der Waals surface area (Å²) in [7, 11) is 0. The number of fused-ring (bicyclic) bond motifs is 1. The van der Waals surface area contributed by atoms with Gasteiger partial charge in [-0.3, -0.25) is 4.79 Å². The van der Waals surface area contributed by atoms with Crippen LogP contribution in [-0.4, -0.2) is 18.7 Å². The van der Waals surface area contributed by atoms with Crippen molar-refractivity contribution in [1.29, 1.82) is 0 Å². The van der Waals surface area contributed by atoms with Crippen LogP contribution < -0.4 is 10.2 Å². The Bertz CT molecular complexity index is 824. The predicted molar refractivity (Wildman–Crippen MR) is 91.6 cm³/mol. The summed E-state index contributed by atoms with van der Waals surface area (Å²) in [4.78, 5) is 11.8. The molecular weight excluding hydrogens is 288 g/mol. The van der Waals surface area contributed by atoms with Gasteiger partial charge in [0.15, 0.2) is 6.61 Å². The SMILES string of the molecule is O=C(COc1cccc2ccccc12)N/N=C\c1ccccc1. The maximum absolute atomic E-state index is 11.8. The fourth-order valence-electron chi connectivity index (χ4n) is 2.22. The van der Waals surface area contributed by atoms with Crippen molar-refractivity contribution in [3.63, 3.8) is 0 Å². The van der Waals surface area contributed by atoms with Gasteiger partial charge >= 0.3 is 0 Å². The fraction of sp³-hybridized carbons (Fsp3) is 0.0526. The topological polar surface area (TPSA) is 50.7 Å². The normalized spacial score (nSPS) is 10.8. The fourth-order valence-corrected chi connectivity index (χ4v) is 2.22. The van der Waals surface area contributed by atoms with E-state index in [4.69, 9.17) is 4.74 Å². The van der Waals surface area contributed by atoms with Gasteiger partial charge in [-0.1, -0.05) is 66.7 Å². The Kier molecular flexibility index (Phi) is 4.64. The molecule has 0 aliphatic carbocycles. The first-order valence-electron chi connectivity index (χ1n) is 7.30. The van der Waals surface area contributed by atoms with Gasteiger partial charge in [-0.2, -0.15) is 5.10 Å². The van der Waals surface area contributed by atoms with E-state index in [-0.39, 0.29) is 12.5 Å². The van der Waals surface area contributed by atoms with Crippen molar-refractivity contribution in [3.05, 3.63) is 78.4 Å². The number of rotatable bonds is 5. The molecule has 1 N–H and O–H groups in total. The van der Waals surface area contributed by atoms with Crippen molar-refractivity contribution in [2.24, 2.45) is 5.10 Å². The van der Waals surface area contributed by atoms with Crippen LogP contribution in [0.2, 0.25) is 0 Å². The lowest BCUT2D eigenvalue weighted by atomic mass is 10.1. The van der Waals surface area contributed by atoms with Crippen LogP contribution in [0.3, 0.4) is 0 Å². The molecule has 0 aromatic heterocycles. The highest BCUT2D eigenvalue weighted by molar-refractivity contribution is 5.88. The van der Waals surface area contributed by atoms with Crippen LogP contribution in [0.5, 0.6) is 5.75 Å². The van der Waals surface area contributed by atoms with Gasteiger partial charge in [0.05, 0.1) is 6.21 Å². The highest BCUT2D eigenvalue weighted by Gasteiger charge is 2.04. The van der Waals surface area contributed by atoms with Crippen LogP contribution in [0, 0.1) is 0 Å². The van der Waals surface area contributed by atoms with Gasteiger partial charge in [-0.25, -0.2) is 5.43 Å². The van der Waals surface area contributed by atoms with Gasteiger partial charge in [-0.05, 0) is 17.0 Å². The number of ether oxygens (including phenoxy) is 1. The zero-order chi connectivity index (χ0) is 15.9. The molecule has 0 bridgehead atoms. The van der Waals surface area contributed by atoms with E-state index in [1.165, 1.54) is 0 Å². The number of carbonyl (C=O) groups excluding carboxylic acids is 1. The maximum atomic E-state index is 11.8. The predicted octanol–water partition coefficient (Wildman–Crippen LogP) is 3.37. The lowest BCUT2D eigenvalue weighted by Gasteiger charge is -2.08. The van der Waals surface area contributed by atoms with E-state index in [1.54, 1.807) is 6.21 Å². The molecule has 3 rings (SSSR count). The van der Waals surface area contributed by atoms with Gasteiger partial charge in [0.25, 0.3) is 5.91 Å². The van der Waals surface area contributed by atoms with E-state index in [2.05, 4.69) is 10.5 Å². The summed E-state index contributed by atoms with van der Waals surface area (Å²) in [6.45, 7) is -0.0832. The highest BCUT2D eigenvalue weighted by Crippen LogP contribution is 2.24.